The summed E-state index contributed by atoms with van der Waals surface area (Å²) in [5.41, 5.74) is 3.89. The third-order valence-corrected chi connectivity index (χ3v) is 8.32. The van der Waals surface area contributed by atoms with E-state index in [0.717, 1.165) is 46.3 Å². The molecule has 0 bridgehead atoms. The number of hydrogen-bond donors (Lipinski definition) is 0. The van der Waals surface area contributed by atoms with Crippen LogP contribution in [-0.4, -0.2) is 17.7 Å². The smallest absolute Gasteiger partial charge is 0.324 e. The Balaban J connectivity index is 1.47. The molecule has 1 spiro atoms. The molecule has 0 amide bonds. The standard InChI is InChI=1S/C31H32O5/c1-21-16-30(15-9-14-27(30)32)22(2)26-18-31(17-25(21)26,28(33)35-19-23-10-5-3-6-11-23)29(34)36-20-24-12-7-4-8-13-24/h3-8,10-13H,9,14-20H2,1-2H3/t30-/m1/s1. The first-order valence-corrected chi connectivity index (χ1v) is 12.7. The third-order valence-electron chi connectivity index (χ3n) is 8.32. The van der Waals surface area contributed by atoms with Gasteiger partial charge in [-0.25, -0.2) is 0 Å². The average molecular weight is 485 g/mol. The maximum absolute atomic E-state index is 13.7. The first kappa shape index (κ1) is 24.2. The molecule has 2 saturated carbocycles. The van der Waals surface area contributed by atoms with Crippen LogP contribution in [0.15, 0.2) is 83.0 Å². The molecule has 3 aliphatic rings. The highest BCUT2D eigenvalue weighted by Crippen LogP contribution is 2.58. The van der Waals surface area contributed by atoms with Crippen LogP contribution in [0.2, 0.25) is 0 Å². The molecule has 0 aliphatic heterocycles. The van der Waals surface area contributed by atoms with Gasteiger partial charge in [0.05, 0.1) is 5.41 Å². The lowest BCUT2D eigenvalue weighted by Gasteiger charge is -2.35. The molecule has 2 fully saturated rings. The molecule has 36 heavy (non-hydrogen) atoms. The molecule has 5 nitrogen and oxygen atoms in total. The summed E-state index contributed by atoms with van der Waals surface area (Å²) >= 11 is 0. The topological polar surface area (TPSA) is 69.7 Å². The summed E-state index contributed by atoms with van der Waals surface area (Å²) in [6, 6.07) is 18.9. The molecule has 3 aliphatic carbocycles. The molecule has 0 saturated heterocycles. The van der Waals surface area contributed by atoms with Crippen LogP contribution in [0.25, 0.3) is 0 Å². The normalized spacial score (nSPS) is 22.7. The van der Waals surface area contributed by atoms with Gasteiger partial charge in [0.1, 0.15) is 19.0 Å². The Bertz CT molecular complexity index is 1200. The molecule has 1 atom stereocenters. The minimum atomic E-state index is -1.45. The van der Waals surface area contributed by atoms with E-state index in [4.69, 9.17) is 9.47 Å². The monoisotopic (exact) mass is 484 g/mol. The van der Waals surface area contributed by atoms with Crippen LogP contribution in [0, 0.1) is 10.8 Å². The molecule has 0 aromatic heterocycles. The van der Waals surface area contributed by atoms with E-state index in [2.05, 4.69) is 0 Å². The Hall–Kier alpha value is -3.47. The molecule has 0 radical (unpaired) electrons. The van der Waals surface area contributed by atoms with Crippen LogP contribution in [0.3, 0.4) is 0 Å². The summed E-state index contributed by atoms with van der Waals surface area (Å²) in [4.78, 5) is 40.4. The average Bonchev–Trinajstić information content (AvgIpc) is 3.49. The summed E-state index contributed by atoms with van der Waals surface area (Å²) in [6.07, 6.45) is 3.44. The highest BCUT2D eigenvalue weighted by Gasteiger charge is 2.58. The number of carbonyl (C=O) groups is 3. The SMILES string of the molecule is CC1=C2CC(C(=O)OCc3ccccc3)(C(=O)OCc3ccccc3)CC2=C(C)[C@@]2(CCCC2=O)C1. The third kappa shape index (κ3) is 4.11. The van der Waals surface area contributed by atoms with Crippen LogP contribution in [0.4, 0.5) is 0 Å². The largest absolute Gasteiger partial charge is 0.460 e. The zero-order chi connectivity index (χ0) is 25.3. The molecule has 186 valence electrons. The van der Waals surface area contributed by atoms with Gasteiger partial charge in [0.2, 0.25) is 0 Å². The molecule has 0 heterocycles. The van der Waals surface area contributed by atoms with Crippen molar-refractivity contribution >= 4 is 17.7 Å². The van der Waals surface area contributed by atoms with Gasteiger partial charge in [0, 0.05) is 6.42 Å². The Kier molecular flexibility index (Phi) is 6.42. The fourth-order valence-corrected chi connectivity index (χ4v) is 6.24. The number of esters is 2. The second kappa shape index (κ2) is 9.53. The van der Waals surface area contributed by atoms with Gasteiger partial charge in [-0.05, 0) is 68.2 Å². The van der Waals surface area contributed by atoms with Gasteiger partial charge in [-0.2, -0.15) is 0 Å². The van der Waals surface area contributed by atoms with Crippen LogP contribution in [0.5, 0.6) is 0 Å². The van der Waals surface area contributed by atoms with Gasteiger partial charge in [0.15, 0.2) is 5.41 Å². The summed E-state index contributed by atoms with van der Waals surface area (Å²) in [5.74, 6) is -0.848. The van der Waals surface area contributed by atoms with E-state index in [1.807, 2.05) is 74.5 Å². The van der Waals surface area contributed by atoms with Crippen molar-refractivity contribution in [2.24, 2.45) is 10.8 Å². The van der Waals surface area contributed by atoms with Crippen molar-refractivity contribution in [1.82, 2.24) is 0 Å². The zero-order valence-corrected chi connectivity index (χ0v) is 21.0. The molecular weight excluding hydrogens is 452 g/mol. The molecule has 0 N–H and O–H groups in total. The van der Waals surface area contributed by atoms with E-state index in [9.17, 15) is 14.4 Å². The van der Waals surface area contributed by atoms with Crippen molar-refractivity contribution in [2.45, 2.75) is 65.6 Å². The van der Waals surface area contributed by atoms with Crippen molar-refractivity contribution in [3.8, 4) is 0 Å². The number of rotatable bonds is 6. The minimum absolute atomic E-state index is 0.0892. The van der Waals surface area contributed by atoms with E-state index in [1.165, 1.54) is 0 Å². The second-order valence-corrected chi connectivity index (χ2v) is 10.5. The first-order chi connectivity index (χ1) is 17.4. The van der Waals surface area contributed by atoms with E-state index in [0.29, 0.717) is 12.8 Å². The first-order valence-electron chi connectivity index (χ1n) is 12.7. The van der Waals surface area contributed by atoms with Crippen molar-refractivity contribution in [2.75, 3.05) is 0 Å². The zero-order valence-electron chi connectivity index (χ0n) is 21.0. The summed E-state index contributed by atoms with van der Waals surface area (Å²) in [7, 11) is 0. The van der Waals surface area contributed by atoms with E-state index >= 15 is 0 Å². The van der Waals surface area contributed by atoms with E-state index in [-0.39, 0.29) is 31.8 Å². The van der Waals surface area contributed by atoms with Crippen molar-refractivity contribution in [1.29, 1.82) is 0 Å². The molecule has 0 unspecified atom stereocenters. The van der Waals surface area contributed by atoms with Gasteiger partial charge in [-0.1, -0.05) is 71.8 Å². The van der Waals surface area contributed by atoms with Crippen molar-refractivity contribution in [3.63, 3.8) is 0 Å². The van der Waals surface area contributed by atoms with Gasteiger partial charge in [-0.15, -0.1) is 0 Å². The quantitative estimate of drug-likeness (QED) is 0.370. The van der Waals surface area contributed by atoms with Crippen molar-refractivity contribution in [3.05, 3.63) is 94.1 Å². The van der Waals surface area contributed by atoms with Crippen LogP contribution < -0.4 is 0 Å². The molecule has 2 aromatic rings. The van der Waals surface area contributed by atoms with Crippen LogP contribution >= 0.6 is 0 Å². The molecule has 5 rings (SSSR count). The summed E-state index contributed by atoms with van der Waals surface area (Å²) in [5, 5.41) is 0. The molecule has 2 aromatic carbocycles. The highest BCUT2D eigenvalue weighted by atomic mass is 16.6. The molecule has 5 heteroatoms. The number of benzene rings is 2. The van der Waals surface area contributed by atoms with Crippen LogP contribution in [-0.2, 0) is 37.1 Å². The molecular formula is C31H32O5. The van der Waals surface area contributed by atoms with E-state index in [1.54, 1.807) is 0 Å². The highest BCUT2D eigenvalue weighted by molar-refractivity contribution is 6.02. The Morgan fingerprint density at radius 2 is 1.31 bits per heavy atom. The van der Waals surface area contributed by atoms with Gasteiger partial charge in [-0.3, -0.25) is 14.4 Å². The fourth-order valence-electron chi connectivity index (χ4n) is 6.24. The van der Waals surface area contributed by atoms with Gasteiger partial charge in [0.25, 0.3) is 0 Å². The lowest BCUT2D eigenvalue weighted by molar-refractivity contribution is -0.173. The predicted octanol–water partition coefficient (Wildman–Crippen LogP) is 6.03. The number of Topliss-reactive ketones (excluding diaryl/α,β-unsaturated/α-hetero) is 1. The second-order valence-electron chi connectivity index (χ2n) is 10.5. The lowest BCUT2D eigenvalue weighted by Crippen LogP contribution is -2.39. The summed E-state index contributed by atoms with van der Waals surface area (Å²) in [6.45, 7) is 4.24. The van der Waals surface area contributed by atoms with Crippen molar-refractivity contribution < 1.29 is 23.9 Å². The Morgan fingerprint density at radius 3 is 1.81 bits per heavy atom. The van der Waals surface area contributed by atoms with Gasteiger partial charge < -0.3 is 9.47 Å². The number of fused-ring (bicyclic) bond motifs is 1. The fraction of sp³-hybridized carbons (Fsp3) is 0.387. The number of ketones is 1. The Morgan fingerprint density at radius 1 is 0.778 bits per heavy atom. The number of hydrogen-bond acceptors (Lipinski definition) is 5. The number of allylic oxidation sites excluding steroid dienone is 4. The number of carbonyl (C=O) groups excluding carboxylic acids is 3. The number of ether oxygens (including phenoxy) is 2. The van der Waals surface area contributed by atoms with Crippen LogP contribution in [0.1, 0.15) is 63.5 Å². The lowest BCUT2D eigenvalue weighted by atomic mass is 9.67. The summed E-state index contributed by atoms with van der Waals surface area (Å²) < 4.78 is 11.5. The van der Waals surface area contributed by atoms with Gasteiger partial charge >= 0.3 is 11.9 Å². The minimum Gasteiger partial charge on any atom is -0.460 e. The Labute approximate surface area is 212 Å². The van der Waals surface area contributed by atoms with E-state index < -0.39 is 22.8 Å². The maximum Gasteiger partial charge on any atom is 0.324 e. The maximum atomic E-state index is 13.7. The predicted molar refractivity (Wildman–Crippen MR) is 135 cm³/mol.